The summed E-state index contributed by atoms with van der Waals surface area (Å²) in [6.45, 7) is 3.26. The summed E-state index contributed by atoms with van der Waals surface area (Å²) in [5, 5.41) is 10.9. The molecule has 0 saturated carbocycles. The smallest absolute Gasteiger partial charge is 0.416 e. The highest BCUT2D eigenvalue weighted by Gasteiger charge is 2.15. The molecule has 0 aliphatic carbocycles. The van der Waals surface area contributed by atoms with Gasteiger partial charge in [0.2, 0.25) is 12.7 Å². The van der Waals surface area contributed by atoms with Crippen LogP contribution in [-0.2, 0) is 16.0 Å². The van der Waals surface area contributed by atoms with Crippen LogP contribution in [0, 0.1) is 0 Å². The molecule has 3 rings (SSSR count). The molecule has 0 aliphatic heterocycles. The van der Waals surface area contributed by atoms with Crippen molar-refractivity contribution in [2.75, 3.05) is 29.8 Å². The van der Waals surface area contributed by atoms with Gasteiger partial charge >= 0.3 is 6.09 Å². The topological polar surface area (TPSA) is 158 Å². The van der Waals surface area contributed by atoms with Gasteiger partial charge in [-0.3, -0.25) is 9.69 Å². The summed E-state index contributed by atoms with van der Waals surface area (Å²) in [6, 6.07) is 16.9. The van der Waals surface area contributed by atoms with Gasteiger partial charge in [-0.1, -0.05) is 37.3 Å². The predicted molar refractivity (Wildman–Crippen MR) is 138 cm³/mol. The molecule has 2 aromatic carbocycles. The number of azo groups is 1. The van der Waals surface area contributed by atoms with Crippen molar-refractivity contribution in [2.24, 2.45) is 16.0 Å². The maximum atomic E-state index is 12.5. The van der Waals surface area contributed by atoms with E-state index < -0.39 is 12.1 Å². The number of benzene rings is 2. The normalized spacial score (nSPS) is 11.7. The molecular weight excluding hydrogens is 462 g/mol. The molecule has 0 aliphatic rings. The number of nitrogens with two attached hydrogens (primary N) is 2. The number of aromatic nitrogens is 1. The van der Waals surface area contributed by atoms with Gasteiger partial charge in [-0.2, -0.15) is 0 Å². The van der Waals surface area contributed by atoms with E-state index in [1.807, 2.05) is 31.2 Å². The van der Waals surface area contributed by atoms with Crippen LogP contribution >= 0.6 is 0 Å². The highest BCUT2D eigenvalue weighted by molar-refractivity contribution is 5.93. The van der Waals surface area contributed by atoms with Crippen LogP contribution in [0.15, 0.2) is 70.9 Å². The number of rotatable bonds is 9. The molecule has 2 amide bonds. The number of carbonyl (C=O) groups excluding carboxylic acids is 2. The summed E-state index contributed by atoms with van der Waals surface area (Å²) in [5.74, 6) is 0.302. The first kappa shape index (κ1) is 26.1. The van der Waals surface area contributed by atoms with Gasteiger partial charge in [0, 0.05) is 12.7 Å². The Labute approximate surface area is 209 Å². The first-order valence-electron chi connectivity index (χ1n) is 11.2. The molecule has 11 nitrogen and oxygen atoms in total. The second-order valence-corrected chi connectivity index (χ2v) is 7.76. The Balaban J connectivity index is 1.63. The van der Waals surface area contributed by atoms with Crippen LogP contribution in [0.5, 0.6) is 5.75 Å². The van der Waals surface area contributed by atoms with Crippen molar-refractivity contribution in [2.45, 2.75) is 26.3 Å². The van der Waals surface area contributed by atoms with Crippen LogP contribution in [0.4, 0.5) is 33.5 Å². The Hall–Kier alpha value is -4.51. The minimum atomic E-state index is -0.685. The van der Waals surface area contributed by atoms with Crippen molar-refractivity contribution in [1.29, 1.82) is 0 Å². The second kappa shape index (κ2) is 12.3. The fourth-order valence-corrected chi connectivity index (χ4v) is 3.11. The number of para-hydroxylation sites is 2. The van der Waals surface area contributed by atoms with Crippen LogP contribution in [-0.4, -0.2) is 36.9 Å². The maximum Gasteiger partial charge on any atom is 0.416 e. The summed E-state index contributed by atoms with van der Waals surface area (Å²) in [5.41, 5.74) is 14.0. The summed E-state index contributed by atoms with van der Waals surface area (Å²) >= 11 is 0. The van der Waals surface area contributed by atoms with E-state index >= 15 is 0 Å². The van der Waals surface area contributed by atoms with Gasteiger partial charge in [0.05, 0.1) is 6.04 Å². The zero-order chi connectivity index (χ0) is 26.1. The highest BCUT2D eigenvalue weighted by atomic mass is 16.7. The Morgan fingerprint density at radius 3 is 2.47 bits per heavy atom. The molecular formula is C25H29N7O4. The Morgan fingerprint density at radius 1 is 1.06 bits per heavy atom. The molecule has 3 aromatic rings. The van der Waals surface area contributed by atoms with E-state index in [1.165, 1.54) is 4.90 Å². The number of amides is 2. The Kier molecular flexibility index (Phi) is 8.89. The van der Waals surface area contributed by atoms with Gasteiger partial charge in [0.1, 0.15) is 17.2 Å². The van der Waals surface area contributed by atoms with Crippen molar-refractivity contribution in [1.82, 2.24) is 4.98 Å². The number of anilines is 3. The third-order valence-electron chi connectivity index (χ3n) is 5.10. The quantitative estimate of drug-likeness (QED) is 0.293. The molecule has 0 saturated heterocycles. The molecule has 0 unspecified atom stereocenters. The number of nitrogens with zero attached hydrogens (tertiary/aromatic N) is 4. The predicted octanol–water partition coefficient (Wildman–Crippen LogP) is 4.54. The lowest BCUT2D eigenvalue weighted by Crippen LogP contribution is -2.32. The van der Waals surface area contributed by atoms with Gasteiger partial charge < -0.3 is 26.3 Å². The fourth-order valence-electron chi connectivity index (χ4n) is 3.11. The average molecular weight is 492 g/mol. The number of pyridine rings is 1. The monoisotopic (exact) mass is 491 g/mol. The molecule has 0 bridgehead atoms. The molecule has 1 aromatic heterocycles. The van der Waals surface area contributed by atoms with Gasteiger partial charge in [-0.15, -0.1) is 10.2 Å². The zero-order valence-electron chi connectivity index (χ0n) is 20.3. The van der Waals surface area contributed by atoms with Crippen molar-refractivity contribution < 1.29 is 19.1 Å². The summed E-state index contributed by atoms with van der Waals surface area (Å²) in [6.07, 6.45) is 0.234. The average Bonchev–Trinajstić information content (AvgIpc) is 2.88. The van der Waals surface area contributed by atoms with E-state index in [0.29, 0.717) is 17.1 Å². The number of nitrogens with one attached hydrogen (secondary N) is 1. The number of carbonyl (C=O) groups is 2. The van der Waals surface area contributed by atoms with Crippen molar-refractivity contribution in [3.8, 4) is 5.75 Å². The lowest BCUT2D eigenvalue weighted by atomic mass is 10.1. The van der Waals surface area contributed by atoms with Gasteiger partial charge in [0.25, 0.3) is 0 Å². The molecule has 0 fully saturated rings. The standard InChI is InChI=1S/C25H29N7O4/c1-4-17-9-5-7-11-20(17)32(3)25(34)36-15-35-21-12-8-6-10-18(21)30-31-19-13-14-22(28-23(19)27)29-24(33)16(2)26/h5-14,16H,4,15,26H2,1-3H3,(H3,27,28,29,33)/t16-/m0/s1. The fraction of sp³-hybridized carbons (Fsp3) is 0.240. The minimum Gasteiger partial charge on any atom is -0.455 e. The molecule has 0 radical (unpaired) electrons. The van der Waals surface area contributed by atoms with Gasteiger partial charge in [-0.25, -0.2) is 9.78 Å². The third kappa shape index (κ3) is 6.76. The Morgan fingerprint density at radius 2 is 1.75 bits per heavy atom. The maximum absolute atomic E-state index is 12.5. The van der Waals surface area contributed by atoms with Crippen molar-refractivity contribution in [3.05, 3.63) is 66.2 Å². The SMILES string of the molecule is CCc1ccccc1N(C)C(=O)OCOc1ccccc1N=Nc1ccc(NC(=O)[C@H](C)N)nc1N. The first-order valence-corrected chi connectivity index (χ1v) is 11.2. The lowest BCUT2D eigenvalue weighted by molar-refractivity contribution is -0.117. The minimum absolute atomic E-state index is 0.0731. The number of hydrogen-bond donors (Lipinski definition) is 3. The van der Waals surface area contributed by atoms with E-state index in [1.54, 1.807) is 50.4 Å². The van der Waals surface area contributed by atoms with Crippen LogP contribution in [0.3, 0.4) is 0 Å². The van der Waals surface area contributed by atoms with E-state index in [2.05, 4.69) is 20.5 Å². The van der Waals surface area contributed by atoms with E-state index in [0.717, 1.165) is 17.7 Å². The summed E-state index contributed by atoms with van der Waals surface area (Å²) in [4.78, 5) is 29.7. The molecule has 11 heteroatoms. The van der Waals surface area contributed by atoms with Crippen molar-refractivity contribution in [3.63, 3.8) is 0 Å². The molecule has 1 heterocycles. The van der Waals surface area contributed by atoms with E-state index in [9.17, 15) is 9.59 Å². The van der Waals surface area contributed by atoms with Gasteiger partial charge in [-0.05, 0) is 49.2 Å². The molecule has 1 atom stereocenters. The number of nitrogen functional groups attached to an aromatic ring is 1. The van der Waals surface area contributed by atoms with Crippen LogP contribution in [0.25, 0.3) is 0 Å². The lowest BCUT2D eigenvalue weighted by Gasteiger charge is -2.20. The number of hydrogen-bond acceptors (Lipinski definition) is 9. The second-order valence-electron chi connectivity index (χ2n) is 7.76. The van der Waals surface area contributed by atoms with Crippen molar-refractivity contribution >= 4 is 40.7 Å². The largest absolute Gasteiger partial charge is 0.455 e. The van der Waals surface area contributed by atoms with Crippen LogP contribution < -0.4 is 26.4 Å². The molecule has 0 spiro atoms. The van der Waals surface area contributed by atoms with E-state index in [-0.39, 0.29) is 24.3 Å². The number of aryl methyl sites for hydroxylation is 1. The summed E-state index contributed by atoms with van der Waals surface area (Å²) < 4.78 is 10.9. The number of ether oxygens (including phenoxy) is 2. The zero-order valence-corrected chi connectivity index (χ0v) is 20.3. The summed E-state index contributed by atoms with van der Waals surface area (Å²) in [7, 11) is 1.64. The van der Waals surface area contributed by atoms with Crippen LogP contribution in [0.2, 0.25) is 0 Å². The third-order valence-corrected chi connectivity index (χ3v) is 5.10. The molecule has 36 heavy (non-hydrogen) atoms. The van der Waals surface area contributed by atoms with Gasteiger partial charge in [0.15, 0.2) is 11.6 Å². The first-order chi connectivity index (χ1) is 17.3. The highest BCUT2D eigenvalue weighted by Crippen LogP contribution is 2.30. The van der Waals surface area contributed by atoms with Crippen LogP contribution in [0.1, 0.15) is 19.4 Å². The molecule has 188 valence electrons. The molecule has 5 N–H and O–H groups in total. The van der Waals surface area contributed by atoms with E-state index in [4.69, 9.17) is 20.9 Å². The Bertz CT molecular complexity index is 1250.